The van der Waals surface area contributed by atoms with E-state index < -0.39 is 12.0 Å². The Balaban J connectivity index is 2.36. The van der Waals surface area contributed by atoms with Gasteiger partial charge in [-0.05, 0) is 36.0 Å². The molecule has 112 valence electrons. The number of hydrogen-bond acceptors (Lipinski definition) is 5. The fourth-order valence-corrected chi connectivity index (χ4v) is 1.67. The number of aromatic amines is 1. The van der Waals surface area contributed by atoms with Crippen LogP contribution < -0.4 is 4.74 Å². The van der Waals surface area contributed by atoms with Gasteiger partial charge in [-0.3, -0.25) is 0 Å². The van der Waals surface area contributed by atoms with Gasteiger partial charge in [0.2, 0.25) is 4.77 Å². The van der Waals surface area contributed by atoms with Crippen molar-refractivity contribution in [2.45, 2.75) is 6.18 Å². The Labute approximate surface area is 121 Å². The molecule has 0 bridgehead atoms. The quantitative estimate of drug-likeness (QED) is 0.674. The molecule has 0 aliphatic heterocycles. The summed E-state index contributed by atoms with van der Waals surface area (Å²) in [5.41, 5.74) is 0.365. The largest absolute Gasteiger partial charge is 0.504 e. The summed E-state index contributed by atoms with van der Waals surface area (Å²) in [4.78, 5) is 0. The van der Waals surface area contributed by atoms with Gasteiger partial charge < -0.3 is 9.84 Å². The van der Waals surface area contributed by atoms with Crippen molar-refractivity contribution in [2.24, 2.45) is 5.10 Å². The number of nitrogens with one attached hydrogen (secondary N) is 1. The summed E-state index contributed by atoms with van der Waals surface area (Å²) in [6.45, 7) is 0. The van der Waals surface area contributed by atoms with E-state index in [9.17, 15) is 18.3 Å². The van der Waals surface area contributed by atoms with Crippen LogP contribution >= 0.6 is 12.2 Å². The predicted octanol–water partition coefficient (Wildman–Crippen LogP) is 2.56. The number of alkyl halides is 3. The molecule has 2 rings (SSSR count). The third-order valence-corrected chi connectivity index (χ3v) is 2.69. The summed E-state index contributed by atoms with van der Waals surface area (Å²) in [5.74, 6) is -1.18. The Kier molecular flexibility index (Phi) is 3.98. The lowest BCUT2D eigenvalue weighted by Gasteiger charge is -2.05. The molecular weight excluding hydrogens is 309 g/mol. The number of ether oxygens (including phenoxy) is 1. The van der Waals surface area contributed by atoms with Crippen LogP contribution in [0.2, 0.25) is 0 Å². The van der Waals surface area contributed by atoms with E-state index in [4.69, 9.17) is 4.74 Å². The van der Waals surface area contributed by atoms with Crippen molar-refractivity contribution >= 4 is 18.4 Å². The molecule has 0 spiro atoms. The number of benzene rings is 1. The Hall–Kier alpha value is -2.36. The third-order valence-electron chi connectivity index (χ3n) is 2.43. The highest BCUT2D eigenvalue weighted by Crippen LogP contribution is 2.28. The van der Waals surface area contributed by atoms with E-state index in [1.54, 1.807) is 0 Å². The lowest BCUT2D eigenvalue weighted by atomic mass is 10.2. The van der Waals surface area contributed by atoms with Crippen molar-refractivity contribution in [1.29, 1.82) is 0 Å². The van der Waals surface area contributed by atoms with Gasteiger partial charge in [0.25, 0.3) is 5.82 Å². The summed E-state index contributed by atoms with van der Waals surface area (Å²) in [6.07, 6.45) is -3.58. The summed E-state index contributed by atoms with van der Waals surface area (Å²) < 4.78 is 43.0. The van der Waals surface area contributed by atoms with Gasteiger partial charge in [0.1, 0.15) is 0 Å². The minimum absolute atomic E-state index is 0.159. The van der Waals surface area contributed by atoms with Gasteiger partial charge in [0.15, 0.2) is 11.5 Å². The zero-order valence-electron chi connectivity index (χ0n) is 10.5. The molecule has 0 aliphatic carbocycles. The molecule has 0 fully saturated rings. The number of halogens is 3. The maximum atomic E-state index is 12.7. The number of aromatic hydroxyl groups is 1. The standard InChI is InChI=1S/C11H9F3N4O2S/c1-20-8-3-2-6(4-7(8)19)5-15-18-9(11(12,13)14)16-17-10(18)21/h2-5,19H,1H3,(H,17,21)/b15-5-. The highest BCUT2D eigenvalue weighted by Gasteiger charge is 2.37. The number of rotatable bonds is 3. The Bertz CT molecular complexity index is 736. The average Bonchev–Trinajstić information content (AvgIpc) is 2.77. The number of nitrogens with zero attached hydrogens (tertiary/aromatic N) is 3. The smallest absolute Gasteiger partial charge is 0.453 e. The van der Waals surface area contributed by atoms with Crippen LogP contribution in [0, 0.1) is 4.77 Å². The zero-order valence-corrected chi connectivity index (χ0v) is 11.4. The first kappa shape index (κ1) is 15.0. The van der Waals surface area contributed by atoms with Crippen LogP contribution in [-0.2, 0) is 6.18 Å². The normalized spacial score (nSPS) is 12.0. The lowest BCUT2D eigenvalue weighted by molar-refractivity contribution is -0.147. The molecule has 0 saturated heterocycles. The molecule has 1 aromatic carbocycles. The molecule has 1 heterocycles. The van der Waals surface area contributed by atoms with Crippen LogP contribution in [0.25, 0.3) is 0 Å². The van der Waals surface area contributed by atoms with E-state index in [1.165, 1.54) is 25.3 Å². The molecule has 0 amide bonds. The molecule has 6 nitrogen and oxygen atoms in total. The second kappa shape index (κ2) is 5.56. The van der Waals surface area contributed by atoms with Crippen LogP contribution in [0.4, 0.5) is 13.2 Å². The minimum atomic E-state index is -4.69. The van der Waals surface area contributed by atoms with Gasteiger partial charge in [0.05, 0.1) is 13.3 Å². The van der Waals surface area contributed by atoms with Crippen LogP contribution in [0.5, 0.6) is 11.5 Å². The van der Waals surface area contributed by atoms with Gasteiger partial charge in [-0.25, -0.2) is 5.10 Å². The summed E-state index contributed by atoms with van der Waals surface area (Å²) in [6, 6.07) is 4.26. The maximum absolute atomic E-state index is 12.7. The summed E-state index contributed by atoms with van der Waals surface area (Å²) in [5, 5.41) is 18.3. The van der Waals surface area contributed by atoms with Crippen LogP contribution in [-0.4, -0.2) is 33.3 Å². The number of methoxy groups -OCH3 is 1. The van der Waals surface area contributed by atoms with Gasteiger partial charge >= 0.3 is 6.18 Å². The van der Waals surface area contributed by atoms with E-state index in [2.05, 4.69) is 22.4 Å². The number of aromatic nitrogens is 3. The lowest BCUT2D eigenvalue weighted by Crippen LogP contribution is -2.12. The molecule has 0 aliphatic rings. The van der Waals surface area contributed by atoms with E-state index >= 15 is 0 Å². The fraction of sp³-hybridized carbons (Fsp3) is 0.182. The van der Waals surface area contributed by atoms with Crippen LogP contribution in [0.3, 0.4) is 0 Å². The Morgan fingerprint density at radius 1 is 1.48 bits per heavy atom. The van der Waals surface area contributed by atoms with Gasteiger partial charge in [0, 0.05) is 0 Å². The van der Waals surface area contributed by atoms with Crippen molar-refractivity contribution in [1.82, 2.24) is 14.9 Å². The monoisotopic (exact) mass is 318 g/mol. The molecule has 10 heteroatoms. The molecule has 0 saturated carbocycles. The zero-order chi connectivity index (χ0) is 15.6. The molecule has 2 aromatic rings. The molecule has 21 heavy (non-hydrogen) atoms. The first-order valence-electron chi connectivity index (χ1n) is 5.49. The average molecular weight is 318 g/mol. The van der Waals surface area contributed by atoms with E-state index in [1.807, 2.05) is 5.10 Å². The van der Waals surface area contributed by atoms with Crippen molar-refractivity contribution in [3.05, 3.63) is 34.4 Å². The van der Waals surface area contributed by atoms with E-state index in [0.29, 0.717) is 10.2 Å². The second-order valence-corrected chi connectivity index (χ2v) is 4.22. The van der Waals surface area contributed by atoms with Crippen molar-refractivity contribution < 1.29 is 23.0 Å². The molecule has 0 atom stereocenters. The van der Waals surface area contributed by atoms with Gasteiger partial charge in [-0.15, -0.1) is 5.10 Å². The Morgan fingerprint density at radius 2 is 2.19 bits per heavy atom. The predicted molar refractivity (Wildman–Crippen MR) is 70.1 cm³/mol. The SMILES string of the molecule is COc1ccc(/C=N\n2c(C(F)(F)F)n[nH]c2=S)cc1O. The highest BCUT2D eigenvalue weighted by atomic mass is 32.1. The number of phenolic OH excluding ortho intramolecular Hbond substituents is 1. The molecule has 0 radical (unpaired) electrons. The van der Waals surface area contributed by atoms with Crippen molar-refractivity contribution in [3.63, 3.8) is 0 Å². The van der Waals surface area contributed by atoms with Crippen LogP contribution in [0.15, 0.2) is 23.3 Å². The minimum Gasteiger partial charge on any atom is -0.504 e. The Morgan fingerprint density at radius 3 is 2.76 bits per heavy atom. The molecule has 1 aromatic heterocycles. The molecular formula is C11H9F3N4O2S. The summed E-state index contributed by atoms with van der Waals surface area (Å²) in [7, 11) is 1.38. The number of hydrogen-bond donors (Lipinski definition) is 2. The van der Waals surface area contributed by atoms with E-state index in [-0.39, 0.29) is 16.3 Å². The maximum Gasteiger partial charge on any atom is 0.453 e. The van der Waals surface area contributed by atoms with Gasteiger partial charge in [-0.2, -0.15) is 22.9 Å². The first-order valence-corrected chi connectivity index (χ1v) is 5.89. The second-order valence-electron chi connectivity index (χ2n) is 3.84. The summed E-state index contributed by atoms with van der Waals surface area (Å²) >= 11 is 4.68. The van der Waals surface area contributed by atoms with Crippen LogP contribution in [0.1, 0.15) is 11.4 Å². The molecule has 0 unspecified atom stereocenters. The number of phenols is 1. The van der Waals surface area contributed by atoms with Crippen molar-refractivity contribution in [3.8, 4) is 11.5 Å². The molecule has 2 N–H and O–H groups in total. The first-order chi connectivity index (χ1) is 9.82. The highest BCUT2D eigenvalue weighted by molar-refractivity contribution is 7.71. The third kappa shape index (κ3) is 3.21. The topological polar surface area (TPSA) is 75.4 Å². The fourth-order valence-electron chi connectivity index (χ4n) is 1.49. The van der Waals surface area contributed by atoms with Crippen molar-refractivity contribution in [2.75, 3.05) is 7.11 Å². The number of H-pyrrole nitrogens is 1. The van der Waals surface area contributed by atoms with Gasteiger partial charge in [-0.1, -0.05) is 0 Å². The van der Waals surface area contributed by atoms with E-state index in [0.717, 1.165) is 6.21 Å².